The van der Waals surface area contributed by atoms with Crippen molar-refractivity contribution in [2.45, 2.75) is 0 Å². The number of hydrogen-bond acceptors (Lipinski definition) is 7. The minimum atomic E-state index is 0.391. The van der Waals surface area contributed by atoms with E-state index in [1.807, 2.05) is 6.07 Å². The van der Waals surface area contributed by atoms with E-state index in [2.05, 4.69) is 15.1 Å². The van der Waals surface area contributed by atoms with Gasteiger partial charge in [-0.1, -0.05) is 5.16 Å². The van der Waals surface area contributed by atoms with Crippen molar-refractivity contribution in [1.82, 2.24) is 15.1 Å². The van der Waals surface area contributed by atoms with Crippen molar-refractivity contribution < 1.29 is 18.7 Å². The summed E-state index contributed by atoms with van der Waals surface area (Å²) in [5.74, 6) is 2.36. The van der Waals surface area contributed by atoms with Crippen molar-refractivity contribution in [1.29, 1.82) is 0 Å². The zero-order chi connectivity index (χ0) is 16.2. The molecule has 0 saturated carbocycles. The van der Waals surface area contributed by atoms with Crippen LogP contribution in [-0.4, -0.2) is 36.5 Å². The first-order valence-electron chi connectivity index (χ1n) is 6.81. The van der Waals surface area contributed by atoms with Crippen molar-refractivity contribution in [3.8, 4) is 40.1 Å². The van der Waals surface area contributed by atoms with Gasteiger partial charge in [0.1, 0.15) is 0 Å². The first kappa shape index (κ1) is 14.8. The molecule has 0 aliphatic heterocycles. The number of hydrogen-bond donors (Lipinski definition) is 0. The quantitative estimate of drug-likeness (QED) is 0.716. The molecule has 2 heterocycles. The molecule has 0 amide bonds. The van der Waals surface area contributed by atoms with Crippen LogP contribution < -0.4 is 14.2 Å². The second-order valence-corrected chi connectivity index (χ2v) is 4.58. The van der Waals surface area contributed by atoms with E-state index in [1.54, 1.807) is 51.9 Å². The van der Waals surface area contributed by atoms with Crippen molar-refractivity contribution in [3.63, 3.8) is 0 Å². The van der Waals surface area contributed by atoms with Crippen molar-refractivity contribution in [3.05, 3.63) is 36.7 Å². The number of rotatable bonds is 5. The highest BCUT2D eigenvalue weighted by atomic mass is 16.5. The van der Waals surface area contributed by atoms with Crippen LogP contribution >= 0.6 is 0 Å². The monoisotopic (exact) mass is 313 g/mol. The summed E-state index contributed by atoms with van der Waals surface area (Å²) in [5, 5.41) is 4.00. The fourth-order valence-electron chi connectivity index (χ4n) is 2.16. The summed E-state index contributed by atoms with van der Waals surface area (Å²) in [7, 11) is 4.66. The second-order valence-electron chi connectivity index (χ2n) is 4.58. The molecule has 1 aromatic carbocycles. The third-order valence-electron chi connectivity index (χ3n) is 3.26. The average Bonchev–Trinajstić information content (AvgIpc) is 3.11. The van der Waals surface area contributed by atoms with Crippen molar-refractivity contribution in [2.24, 2.45) is 0 Å². The summed E-state index contributed by atoms with van der Waals surface area (Å²) in [6.45, 7) is 0. The molecule has 0 unspecified atom stereocenters. The van der Waals surface area contributed by atoms with Crippen LogP contribution in [0.2, 0.25) is 0 Å². The molecule has 7 heteroatoms. The van der Waals surface area contributed by atoms with E-state index >= 15 is 0 Å². The Morgan fingerprint density at radius 1 is 0.957 bits per heavy atom. The van der Waals surface area contributed by atoms with Gasteiger partial charge in [-0.05, 0) is 24.3 Å². The van der Waals surface area contributed by atoms with E-state index in [-0.39, 0.29) is 0 Å². The number of methoxy groups -OCH3 is 3. The molecule has 0 aliphatic carbocycles. The standard InChI is InChI=1S/C16H15N3O4/c1-20-12-7-11(8-13(21-2)14(12)22-3)15-18-16(23-19-15)10-5-4-6-17-9-10/h4-9H,1-3H3. The highest BCUT2D eigenvalue weighted by Gasteiger charge is 2.17. The van der Waals surface area contributed by atoms with Gasteiger partial charge in [0, 0.05) is 18.0 Å². The Labute approximate surface area is 132 Å². The van der Waals surface area contributed by atoms with Crippen LogP contribution in [0, 0.1) is 0 Å². The van der Waals surface area contributed by atoms with Gasteiger partial charge in [0.15, 0.2) is 11.5 Å². The summed E-state index contributed by atoms with van der Waals surface area (Å²) in [5.41, 5.74) is 1.44. The summed E-state index contributed by atoms with van der Waals surface area (Å²) in [6.07, 6.45) is 3.34. The summed E-state index contributed by atoms with van der Waals surface area (Å²) in [4.78, 5) is 8.42. The molecule has 0 aliphatic rings. The first-order chi connectivity index (χ1) is 11.3. The summed E-state index contributed by atoms with van der Waals surface area (Å²) >= 11 is 0. The van der Waals surface area contributed by atoms with Gasteiger partial charge in [0.25, 0.3) is 5.89 Å². The highest BCUT2D eigenvalue weighted by molar-refractivity contribution is 5.67. The Balaban J connectivity index is 2.04. The van der Waals surface area contributed by atoms with Crippen LogP contribution in [0.3, 0.4) is 0 Å². The molecule has 0 saturated heterocycles. The number of ether oxygens (including phenoxy) is 3. The Morgan fingerprint density at radius 2 is 1.70 bits per heavy atom. The van der Waals surface area contributed by atoms with E-state index in [4.69, 9.17) is 18.7 Å². The average molecular weight is 313 g/mol. The van der Waals surface area contributed by atoms with E-state index in [0.29, 0.717) is 34.5 Å². The highest BCUT2D eigenvalue weighted by Crippen LogP contribution is 2.40. The van der Waals surface area contributed by atoms with Gasteiger partial charge in [0.2, 0.25) is 11.6 Å². The molecular formula is C16H15N3O4. The van der Waals surface area contributed by atoms with Crippen molar-refractivity contribution in [2.75, 3.05) is 21.3 Å². The smallest absolute Gasteiger partial charge is 0.259 e. The van der Waals surface area contributed by atoms with E-state index in [1.165, 1.54) is 0 Å². The molecule has 0 radical (unpaired) electrons. The summed E-state index contributed by atoms with van der Waals surface area (Å²) in [6, 6.07) is 7.18. The Hall–Kier alpha value is -3.09. The van der Waals surface area contributed by atoms with Crippen LogP contribution in [0.5, 0.6) is 17.2 Å². The molecule has 0 fully saturated rings. The minimum absolute atomic E-state index is 0.391. The van der Waals surface area contributed by atoms with Crippen LogP contribution in [-0.2, 0) is 0 Å². The Bertz CT molecular complexity index is 777. The molecule has 118 valence electrons. The normalized spacial score (nSPS) is 10.4. The van der Waals surface area contributed by atoms with Gasteiger partial charge >= 0.3 is 0 Å². The van der Waals surface area contributed by atoms with Gasteiger partial charge < -0.3 is 18.7 Å². The predicted molar refractivity (Wildman–Crippen MR) is 82.6 cm³/mol. The molecular weight excluding hydrogens is 298 g/mol. The van der Waals surface area contributed by atoms with Crippen LogP contribution in [0.4, 0.5) is 0 Å². The lowest BCUT2D eigenvalue weighted by atomic mass is 10.1. The van der Waals surface area contributed by atoms with Gasteiger partial charge in [-0.15, -0.1) is 0 Å². The van der Waals surface area contributed by atoms with Gasteiger partial charge in [0.05, 0.1) is 26.9 Å². The zero-order valence-electron chi connectivity index (χ0n) is 12.9. The van der Waals surface area contributed by atoms with Crippen molar-refractivity contribution >= 4 is 0 Å². The maximum atomic E-state index is 5.33. The van der Waals surface area contributed by atoms with Crippen LogP contribution in [0.1, 0.15) is 0 Å². The zero-order valence-corrected chi connectivity index (χ0v) is 12.9. The predicted octanol–water partition coefficient (Wildman–Crippen LogP) is 2.82. The Kier molecular flexibility index (Phi) is 4.09. The number of pyridine rings is 1. The fraction of sp³-hybridized carbons (Fsp3) is 0.188. The van der Waals surface area contributed by atoms with E-state index in [0.717, 1.165) is 5.56 Å². The van der Waals surface area contributed by atoms with Crippen LogP contribution in [0.15, 0.2) is 41.2 Å². The fourth-order valence-corrected chi connectivity index (χ4v) is 2.16. The van der Waals surface area contributed by atoms with Gasteiger partial charge in [-0.2, -0.15) is 4.98 Å². The molecule has 3 aromatic rings. The SMILES string of the molecule is COc1cc(-c2noc(-c3cccnc3)n2)cc(OC)c1OC. The molecule has 0 bridgehead atoms. The van der Waals surface area contributed by atoms with E-state index < -0.39 is 0 Å². The van der Waals surface area contributed by atoms with Gasteiger partial charge in [-0.25, -0.2) is 0 Å². The lowest BCUT2D eigenvalue weighted by molar-refractivity contribution is 0.324. The number of aromatic nitrogens is 3. The van der Waals surface area contributed by atoms with E-state index in [9.17, 15) is 0 Å². The molecule has 0 spiro atoms. The topological polar surface area (TPSA) is 79.5 Å². The molecule has 7 nitrogen and oxygen atoms in total. The first-order valence-corrected chi connectivity index (χ1v) is 6.81. The number of benzene rings is 1. The summed E-state index contributed by atoms with van der Waals surface area (Å²) < 4.78 is 21.3. The Morgan fingerprint density at radius 3 is 2.26 bits per heavy atom. The lowest BCUT2D eigenvalue weighted by Gasteiger charge is -2.12. The van der Waals surface area contributed by atoms with Gasteiger partial charge in [-0.3, -0.25) is 4.98 Å². The molecule has 23 heavy (non-hydrogen) atoms. The van der Waals surface area contributed by atoms with Crippen LogP contribution in [0.25, 0.3) is 22.8 Å². The molecule has 0 N–H and O–H groups in total. The number of nitrogens with zero attached hydrogens (tertiary/aromatic N) is 3. The molecule has 3 rings (SSSR count). The molecule has 2 aromatic heterocycles. The maximum Gasteiger partial charge on any atom is 0.259 e. The molecule has 0 atom stereocenters. The third-order valence-corrected chi connectivity index (χ3v) is 3.26. The lowest BCUT2D eigenvalue weighted by Crippen LogP contribution is -1.96. The largest absolute Gasteiger partial charge is 0.493 e. The minimum Gasteiger partial charge on any atom is -0.493 e. The third kappa shape index (κ3) is 2.80. The second kappa shape index (κ2) is 6.35. The maximum absolute atomic E-state index is 5.33.